The predicted molar refractivity (Wildman–Crippen MR) is 69.9 cm³/mol. The van der Waals surface area contributed by atoms with Crippen molar-refractivity contribution in [3.63, 3.8) is 0 Å². The first-order chi connectivity index (χ1) is 8.79. The summed E-state index contributed by atoms with van der Waals surface area (Å²) in [5.41, 5.74) is 0. The van der Waals surface area contributed by atoms with Gasteiger partial charge in [0, 0.05) is 6.61 Å². The van der Waals surface area contributed by atoms with Gasteiger partial charge >= 0.3 is 5.97 Å². The fourth-order valence-electron chi connectivity index (χ4n) is 1.30. The van der Waals surface area contributed by atoms with Crippen molar-refractivity contribution in [2.75, 3.05) is 6.61 Å². The molecule has 1 aromatic carbocycles. The van der Waals surface area contributed by atoms with Gasteiger partial charge < -0.3 is 10.2 Å². The average molecular weight is 328 g/mol. The molecule has 0 unspecified atom stereocenters. The lowest BCUT2D eigenvalue weighted by Crippen LogP contribution is -2.41. The van der Waals surface area contributed by atoms with Gasteiger partial charge in [0.05, 0.1) is 10.0 Å². The number of aliphatic hydroxyl groups excluding tert-OH is 1. The summed E-state index contributed by atoms with van der Waals surface area (Å²) in [5, 5.41) is 17.4. The Bertz CT molecular complexity index is 575. The van der Waals surface area contributed by atoms with E-state index < -0.39 is 28.6 Å². The van der Waals surface area contributed by atoms with E-state index in [1.165, 1.54) is 18.2 Å². The van der Waals surface area contributed by atoms with Crippen molar-refractivity contribution in [3.8, 4) is 0 Å². The van der Waals surface area contributed by atoms with Crippen LogP contribution in [0.25, 0.3) is 0 Å². The molecule has 1 aromatic rings. The maximum atomic E-state index is 12.0. The van der Waals surface area contributed by atoms with Crippen LogP contribution in [0, 0.1) is 0 Å². The Morgan fingerprint density at radius 1 is 1.37 bits per heavy atom. The van der Waals surface area contributed by atoms with E-state index >= 15 is 0 Å². The molecule has 0 saturated carbocycles. The molecule has 0 fully saturated rings. The molecule has 6 nitrogen and oxygen atoms in total. The molecule has 0 amide bonds. The number of carboxylic acids is 1. The number of carboxylic acid groups (broad SMARTS) is 1. The van der Waals surface area contributed by atoms with Crippen LogP contribution in [-0.2, 0) is 14.8 Å². The van der Waals surface area contributed by atoms with Crippen LogP contribution in [0.4, 0.5) is 0 Å². The number of hydrogen-bond donors (Lipinski definition) is 3. The van der Waals surface area contributed by atoms with Crippen LogP contribution in [0.15, 0.2) is 23.1 Å². The largest absolute Gasteiger partial charge is 0.480 e. The second-order valence-electron chi connectivity index (χ2n) is 3.58. The Hall–Kier alpha value is -0.860. The summed E-state index contributed by atoms with van der Waals surface area (Å²) in [6, 6.07) is 2.55. The smallest absolute Gasteiger partial charge is 0.321 e. The molecule has 3 N–H and O–H groups in total. The minimum Gasteiger partial charge on any atom is -0.480 e. The zero-order valence-electron chi connectivity index (χ0n) is 9.51. The summed E-state index contributed by atoms with van der Waals surface area (Å²) < 4.78 is 25.9. The van der Waals surface area contributed by atoms with Crippen molar-refractivity contribution in [3.05, 3.63) is 28.2 Å². The topological polar surface area (TPSA) is 104 Å². The number of benzene rings is 1. The van der Waals surface area contributed by atoms with E-state index in [1.807, 2.05) is 4.72 Å². The summed E-state index contributed by atoms with van der Waals surface area (Å²) in [4.78, 5) is 10.5. The molecule has 0 saturated heterocycles. The first-order valence-electron chi connectivity index (χ1n) is 5.09. The highest BCUT2D eigenvalue weighted by Crippen LogP contribution is 2.28. The van der Waals surface area contributed by atoms with Crippen molar-refractivity contribution in [1.29, 1.82) is 0 Å². The third-order valence-corrected chi connectivity index (χ3v) is 4.66. The second-order valence-corrected chi connectivity index (χ2v) is 6.04. The first-order valence-corrected chi connectivity index (χ1v) is 7.33. The number of aliphatic hydroxyl groups is 1. The molecular formula is C10H11Cl2NO5S. The van der Waals surface area contributed by atoms with Gasteiger partial charge in [0.2, 0.25) is 10.0 Å². The van der Waals surface area contributed by atoms with Crippen LogP contribution in [0.2, 0.25) is 10.0 Å². The Morgan fingerprint density at radius 3 is 2.53 bits per heavy atom. The molecule has 0 spiro atoms. The minimum absolute atomic E-state index is 0.0403. The summed E-state index contributed by atoms with van der Waals surface area (Å²) in [6.45, 7) is -0.469. The van der Waals surface area contributed by atoms with Crippen molar-refractivity contribution < 1.29 is 23.4 Å². The Kier molecular flexibility index (Phi) is 5.57. The van der Waals surface area contributed by atoms with Crippen molar-refractivity contribution in [2.24, 2.45) is 0 Å². The van der Waals surface area contributed by atoms with Crippen molar-refractivity contribution in [2.45, 2.75) is 17.4 Å². The monoisotopic (exact) mass is 327 g/mol. The van der Waals surface area contributed by atoms with Crippen LogP contribution in [0.1, 0.15) is 6.42 Å². The quantitative estimate of drug-likeness (QED) is 0.726. The standard InChI is InChI=1S/C10H11Cl2NO5S/c11-6-2-1-3-8(9(6)12)19(17,18)13-7(4-5-14)10(15)16/h1-3,7,13-14H,4-5H2,(H,15,16)/t7-/m1/s1. The molecule has 19 heavy (non-hydrogen) atoms. The predicted octanol–water partition coefficient (Wildman–Crippen LogP) is 1.11. The van der Waals surface area contributed by atoms with Crippen molar-refractivity contribution in [1.82, 2.24) is 4.72 Å². The highest BCUT2D eigenvalue weighted by molar-refractivity contribution is 7.89. The number of sulfonamides is 1. The molecule has 0 aliphatic rings. The Labute approximate surface area is 120 Å². The van der Waals surface area contributed by atoms with Crippen LogP contribution in [0.5, 0.6) is 0 Å². The van der Waals surface area contributed by atoms with Gasteiger partial charge in [-0.05, 0) is 18.6 Å². The van der Waals surface area contributed by atoms with Gasteiger partial charge in [0.15, 0.2) is 0 Å². The second kappa shape index (κ2) is 6.53. The molecule has 0 heterocycles. The van der Waals surface area contributed by atoms with Crippen LogP contribution in [0.3, 0.4) is 0 Å². The molecule has 106 valence electrons. The zero-order chi connectivity index (χ0) is 14.6. The van der Waals surface area contributed by atoms with Gasteiger partial charge in [-0.2, -0.15) is 4.72 Å². The van der Waals surface area contributed by atoms with Gasteiger partial charge in [0.25, 0.3) is 0 Å². The summed E-state index contributed by atoms with van der Waals surface area (Å²) in [7, 11) is -4.14. The molecule has 9 heteroatoms. The third kappa shape index (κ3) is 4.05. The lowest BCUT2D eigenvalue weighted by molar-refractivity contribution is -0.139. The number of rotatable bonds is 6. The maximum Gasteiger partial charge on any atom is 0.321 e. The van der Waals surface area contributed by atoms with E-state index in [9.17, 15) is 13.2 Å². The number of aliphatic carboxylic acids is 1. The molecular weight excluding hydrogens is 317 g/mol. The van der Waals surface area contributed by atoms with Crippen molar-refractivity contribution >= 4 is 39.2 Å². The van der Waals surface area contributed by atoms with Gasteiger partial charge in [-0.1, -0.05) is 29.3 Å². The fraction of sp³-hybridized carbons (Fsp3) is 0.300. The SMILES string of the molecule is O=C(O)[C@@H](CCO)NS(=O)(=O)c1cccc(Cl)c1Cl. The van der Waals surface area contributed by atoms with E-state index in [2.05, 4.69) is 0 Å². The average Bonchev–Trinajstić information content (AvgIpc) is 2.31. The molecule has 0 aliphatic carbocycles. The van der Waals surface area contributed by atoms with E-state index in [0.29, 0.717) is 0 Å². The van der Waals surface area contributed by atoms with Crippen LogP contribution < -0.4 is 4.72 Å². The summed E-state index contributed by atoms with van der Waals surface area (Å²) in [6.07, 6.45) is -0.257. The fourth-order valence-corrected chi connectivity index (χ4v) is 3.29. The molecule has 0 aliphatic heterocycles. The van der Waals surface area contributed by atoms with Gasteiger partial charge in [-0.25, -0.2) is 8.42 Å². The van der Waals surface area contributed by atoms with E-state index in [-0.39, 0.29) is 21.4 Å². The Morgan fingerprint density at radius 2 is 2.00 bits per heavy atom. The molecule has 1 rings (SSSR count). The van der Waals surface area contributed by atoms with Crippen LogP contribution >= 0.6 is 23.2 Å². The maximum absolute atomic E-state index is 12.0. The number of halogens is 2. The zero-order valence-corrected chi connectivity index (χ0v) is 11.8. The van der Waals surface area contributed by atoms with E-state index in [4.69, 9.17) is 33.4 Å². The van der Waals surface area contributed by atoms with Gasteiger partial charge in [0.1, 0.15) is 10.9 Å². The highest BCUT2D eigenvalue weighted by Gasteiger charge is 2.27. The third-order valence-electron chi connectivity index (χ3n) is 2.22. The minimum atomic E-state index is -4.14. The Balaban J connectivity index is 3.10. The lowest BCUT2D eigenvalue weighted by atomic mass is 10.2. The number of nitrogens with one attached hydrogen (secondary N) is 1. The normalized spacial score (nSPS) is 13.2. The summed E-state index contributed by atoms with van der Waals surface area (Å²) in [5.74, 6) is -1.39. The van der Waals surface area contributed by atoms with Gasteiger partial charge in [-0.3, -0.25) is 4.79 Å². The lowest BCUT2D eigenvalue weighted by Gasteiger charge is -2.14. The highest BCUT2D eigenvalue weighted by atomic mass is 35.5. The van der Waals surface area contributed by atoms with E-state index in [1.54, 1.807) is 0 Å². The van der Waals surface area contributed by atoms with E-state index in [0.717, 1.165) is 0 Å². The van der Waals surface area contributed by atoms with Crippen LogP contribution in [-0.4, -0.2) is 37.2 Å². The molecule has 0 bridgehead atoms. The first kappa shape index (κ1) is 16.2. The molecule has 1 atom stereocenters. The van der Waals surface area contributed by atoms with Gasteiger partial charge in [-0.15, -0.1) is 0 Å². The summed E-state index contributed by atoms with van der Waals surface area (Å²) >= 11 is 11.5. The molecule has 0 aromatic heterocycles. The molecule has 0 radical (unpaired) electrons. The number of hydrogen-bond acceptors (Lipinski definition) is 4. The number of carbonyl (C=O) groups is 1.